The summed E-state index contributed by atoms with van der Waals surface area (Å²) < 4.78 is 5.13. The van der Waals surface area contributed by atoms with Crippen LogP contribution in [0.4, 0.5) is 0 Å². The molecule has 0 bridgehead atoms. The van der Waals surface area contributed by atoms with Gasteiger partial charge in [0.25, 0.3) is 0 Å². The topological polar surface area (TPSA) is 140 Å². The number of hydrogen-bond donors (Lipinski definition) is 5. The average Bonchev–Trinajstić information content (AvgIpc) is 3.56. The van der Waals surface area contributed by atoms with Crippen LogP contribution in [0, 0.1) is 5.92 Å². The van der Waals surface area contributed by atoms with Crippen LogP contribution in [0.25, 0.3) is 0 Å². The molecule has 5 N–H and O–H groups in total. The summed E-state index contributed by atoms with van der Waals surface area (Å²) in [6.45, 7) is 3.41. The van der Waals surface area contributed by atoms with Gasteiger partial charge in [-0.25, -0.2) is 0 Å². The number of fused-ring (bicyclic) bond motifs is 1. The maximum Gasteiger partial charge on any atom is 0.245 e. The number of ketones is 1. The molecule has 1 saturated heterocycles. The van der Waals surface area contributed by atoms with Crippen LogP contribution in [0.5, 0.6) is 0 Å². The molecule has 0 aliphatic carbocycles. The summed E-state index contributed by atoms with van der Waals surface area (Å²) in [6, 6.07) is 5.21. The van der Waals surface area contributed by atoms with Crippen molar-refractivity contribution < 1.29 is 29.3 Å². The van der Waals surface area contributed by atoms with Crippen LogP contribution in [0.2, 0.25) is 0 Å². The van der Waals surface area contributed by atoms with E-state index in [2.05, 4.69) is 16.0 Å². The summed E-state index contributed by atoms with van der Waals surface area (Å²) in [5.41, 5.74) is 0.926. The van der Waals surface area contributed by atoms with Crippen LogP contribution in [0.1, 0.15) is 31.4 Å². The van der Waals surface area contributed by atoms with E-state index >= 15 is 0 Å². The quantitative estimate of drug-likeness (QED) is 0.299. The Morgan fingerprint density at radius 1 is 1.16 bits per heavy atom. The van der Waals surface area contributed by atoms with Gasteiger partial charge in [-0.2, -0.15) is 0 Å². The lowest BCUT2D eigenvalue weighted by molar-refractivity contribution is -0.135. The third-order valence-corrected chi connectivity index (χ3v) is 5.75. The highest BCUT2D eigenvalue weighted by atomic mass is 16.6. The van der Waals surface area contributed by atoms with E-state index in [4.69, 9.17) is 4.74 Å². The Kier molecular flexibility index (Phi) is 7.42. The van der Waals surface area contributed by atoms with E-state index in [-0.39, 0.29) is 12.5 Å². The minimum atomic E-state index is -1.26. The van der Waals surface area contributed by atoms with Crippen LogP contribution in [0.15, 0.2) is 24.3 Å². The Bertz CT molecular complexity index is 823. The summed E-state index contributed by atoms with van der Waals surface area (Å²) in [5.74, 6) is -1.35. The average molecular weight is 434 g/mol. The van der Waals surface area contributed by atoms with Crippen LogP contribution < -0.4 is 16.0 Å². The monoisotopic (exact) mass is 433 g/mol. The van der Waals surface area contributed by atoms with Gasteiger partial charge in [0.15, 0.2) is 11.4 Å². The molecule has 31 heavy (non-hydrogen) atoms. The Hall–Kier alpha value is -2.33. The van der Waals surface area contributed by atoms with Crippen LogP contribution in [0.3, 0.4) is 0 Å². The summed E-state index contributed by atoms with van der Waals surface area (Å²) >= 11 is 0. The molecule has 9 nitrogen and oxygen atoms in total. The van der Waals surface area contributed by atoms with E-state index < -0.39 is 54.5 Å². The molecule has 2 aliphatic rings. The maximum absolute atomic E-state index is 12.8. The SMILES string of the molecule is CC(C)C[C@H](NC(=O)[C@H](CO)NC(=O)[C@H]1Cc2ccccc2CN1)C(=O)[C@@]1(CO)CO1. The predicted molar refractivity (Wildman–Crippen MR) is 112 cm³/mol. The zero-order chi connectivity index (χ0) is 22.6. The Labute approximate surface area is 181 Å². The molecule has 0 aromatic heterocycles. The fourth-order valence-corrected chi connectivity index (χ4v) is 3.80. The molecule has 0 saturated carbocycles. The van der Waals surface area contributed by atoms with Crippen molar-refractivity contribution in [1.82, 2.24) is 16.0 Å². The third kappa shape index (κ3) is 5.48. The molecule has 2 amide bonds. The van der Waals surface area contributed by atoms with Crippen molar-refractivity contribution in [2.24, 2.45) is 5.92 Å². The molecule has 1 fully saturated rings. The van der Waals surface area contributed by atoms with Gasteiger partial charge in [0.1, 0.15) is 6.04 Å². The predicted octanol–water partition coefficient (Wildman–Crippen LogP) is -0.961. The number of carbonyl (C=O) groups is 3. The van der Waals surface area contributed by atoms with Crippen LogP contribution >= 0.6 is 0 Å². The number of aliphatic hydroxyl groups is 2. The van der Waals surface area contributed by atoms with E-state index in [1.807, 2.05) is 38.1 Å². The number of benzene rings is 1. The number of ether oxygens (including phenoxy) is 1. The van der Waals surface area contributed by atoms with Gasteiger partial charge in [-0.15, -0.1) is 0 Å². The second kappa shape index (κ2) is 9.86. The standard InChI is InChI=1S/C22H31N3O6/c1-13(2)7-16(19(28)22(11-27)12-31-22)24-21(30)18(10-26)25-20(29)17-8-14-5-3-4-6-15(14)9-23-17/h3-6,13,16-18,23,26-27H,7-12H2,1-2H3,(H,24,30)(H,25,29)/t16-,17+,18-,22+/m0/s1. The molecule has 4 atom stereocenters. The molecule has 9 heteroatoms. The first-order chi connectivity index (χ1) is 14.8. The number of aliphatic hydroxyl groups excluding tert-OH is 2. The van der Waals surface area contributed by atoms with Gasteiger partial charge in [0, 0.05) is 6.54 Å². The fourth-order valence-electron chi connectivity index (χ4n) is 3.80. The third-order valence-electron chi connectivity index (χ3n) is 5.75. The van der Waals surface area contributed by atoms with Gasteiger partial charge in [-0.1, -0.05) is 38.1 Å². The van der Waals surface area contributed by atoms with Crippen LogP contribution in [-0.4, -0.2) is 71.4 Å². The van der Waals surface area contributed by atoms with E-state index in [1.165, 1.54) is 0 Å². The molecular weight excluding hydrogens is 402 g/mol. The molecule has 0 radical (unpaired) electrons. The van der Waals surface area contributed by atoms with Gasteiger partial charge in [-0.3, -0.25) is 14.4 Å². The molecule has 2 heterocycles. The highest BCUT2D eigenvalue weighted by Gasteiger charge is 2.54. The zero-order valence-corrected chi connectivity index (χ0v) is 17.9. The van der Waals surface area contributed by atoms with Gasteiger partial charge < -0.3 is 30.9 Å². The van der Waals surface area contributed by atoms with Crippen molar-refractivity contribution in [3.8, 4) is 0 Å². The number of epoxide rings is 1. The lowest BCUT2D eigenvalue weighted by atomic mass is 9.92. The van der Waals surface area contributed by atoms with Gasteiger partial charge >= 0.3 is 0 Å². The Morgan fingerprint density at radius 2 is 1.84 bits per heavy atom. The number of rotatable bonds is 10. The fraction of sp³-hybridized carbons (Fsp3) is 0.591. The van der Waals surface area contributed by atoms with E-state index in [0.717, 1.165) is 11.1 Å². The molecule has 0 unspecified atom stereocenters. The molecular formula is C22H31N3O6. The van der Waals surface area contributed by atoms with Gasteiger partial charge in [-0.05, 0) is 29.9 Å². The molecule has 3 rings (SSSR count). The van der Waals surface area contributed by atoms with Crippen molar-refractivity contribution in [1.29, 1.82) is 0 Å². The van der Waals surface area contributed by atoms with Crippen molar-refractivity contribution >= 4 is 17.6 Å². The lowest BCUT2D eigenvalue weighted by Gasteiger charge is -2.28. The van der Waals surface area contributed by atoms with Crippen molar-refractivity contribution in [2.75, 3.05) is 19.8 Å². The second-order valence-electron chi connectivity index (χ2n) is 8.65. The maximum atomic E-state index is 12.8. The zero-order valence-electron chi connectivity index (χ0n) is 17.9. The number of Topliss-reactive ketones (excluding diaryl/α,β-unsaturated/α-hetero) is 1. The summed E-state index contributed by atoms with van der Waals surface area (Å²) in [4.78, 5) is 38.2. The van der Waals surface area contributed by atoms with Crippen molar-refractivity contribution in [3.63, 3.8) is 0 Å². The largest absolute Gasteiger partial charge is 0.394 e. The normalized spacial score (nSPS) is 24.1. The van der Waals surface area contributed by atoms with Crippen molar-refractivity contribution in [3.05, 3.63) is 35.4 Å². The number of amides is 2. The number of hydrogen-bond acceptors (Lipinski definition) is 7. The van der Waals surface area contributed by atoms with Crippen LogP contribution in [-0.2, 0) is 32.1 Å². The summed E-state index contributed by atoms with van der Waals surface area (Å²) in [6.07, 6.45) is 0.829. The van der Waals surface area contributed by atoms with E-state index in [1.54, 1.807) is 0 Å². The Balaban J connectivity index is 1.62. The molecule has 2 aliphatic heterocycles. The molecule has 1 aromatic carbocycles. The highest BCUT2D eigenvalue weighted by molar-refractivity contribution is 5.98. The molecule has 170 valence electrons. The highest BCUT2D eigenvalue weighted by Crippen LogP contribution is 2.30. The minimum Gasteiger partial charge on any atom is -0.394 e. The Morgan fingerprint density at radius 3 is 2.42 bits per heavy atom. The van der Waals surface area contributed by atoms with Crippen molar-refractivity contribution in [2.45, 2.75) is 57.0 Å². The first-order valence-corrected chi connectivity index (χ1v) is 10.6. The van der Waals surface area contributed by atoms with Gasteiger partial charge in [0.05, 0.1) is 31.9 Å². The van der Waals surface area contributed by atoms with Gasteiger partial charge in [0.2, 0.25) is 11.8 Å². The van der Waals surface area contributed by atoms with E-state index in [0.29, 0.717) is 19.4 Å². The number of carbonyl (C=O) groups excluding carboxylic acids is 3. The summed E-state index contributed by atoms with van der Waals surface area (Å²) in [5, 5.41) is 27.5. The second-order valence-corrected chi connectivity index (χ2v) is 8.65. The smallest absolute Gasteiger partial charge is 0.245 e. The molecule has 1 aromatic rings. The first-order valence-electron chi connectivity index (χ1n) is 10.6. The molecule has 0 spiro atoms. The minimum absolute atomic E-state index is 0.0948. The van der Waals surface area contributed by atoms with E-state index in [9.17, 15) is 24.6 Å². The lowest BCUT2D eigenvalue weighted by Crippen LogP contribution is -2.58. The number of nitrogens with one attached hydrogen (secondary N) is 3. The first kappa shape index (κ1) is 23.3. The summed E-state index contributed by atoms with van der Waals surface area (Å²) in [7, 11) is 0.